The molecule has 0 amide bonds. The van der Waals surface area contributed by atoms with Crippen LogP contribution in [-0.2, 0) is 22.7 Å². The maximum atomic E-state index is 13.4. The molecule has 10 fully saturated rings. The molecule has 0 unspecified atom stereocenters. The molecular formula is C48H70N6O4. The summed E-state index contributed by atoms with van der Waals surface area (Å²) >= 11 is 0. The standard InChI is InChI=1S/2C24H35N3O2/c1-23(29)7-5-15-14(12-23)3-4-17-16(15)6-8-24(2)21(17)18-11-19(18)22(24)20(28)13-27-10-9-25-26-27;1-23(29)7-5-15-14(12-23)3-4-17-16(15)6-8-24(2)21(17)18-11-19(18)22(24)20(28)13-27-25-9-10-26-27/h2*9-10,14-19,21-22,29H,3-8,11-13H2,1-2H3/t2*14-,15+,16-,17-,18-,19+,21-,22-,23-,24+/m11/s1. The molecule has 2 aromatic heterocycles. The summed E-state index contributed by atoms with van der Waals surface area (Å²) in [7, 11) is 0. The van der Waals surface area contributed by atoms with Gasteiger partial charge in [0, 0.05) is 18.0 Å². The summed E-state index contributed by atoms with van der Waals surface area (Å²) in [4.78, 5) is 28.3. The van der Waals surface area contributed by atoms with E-state index in [1.807, 2.05) is 20.0 Å². The van der Waals surface area contributed by atoms with E-state index in [4.69, 9.17) is 0 Å². The minimum absolute atomic E-state index is 0.186. The summed E-state index contributed by atoms with van der Waals surface area (Å²) in [5.74, 6) is 11.9. The zero-order chi connectivity index (χ0) is 39.9. The zero-order valence-electron chi connectivity index (χ0n) is 35.7. The first-order chi connectivity index (χ1) is 27.7. The van der Waals surface area contributed by atoms with Gasteiger partial charge in [0.25, 0.3) is 0 Å². The first-order valence-electron chi connectivity index (χ1n) is 23.9. The number of carbonyl (C=O) groups is 2. The molecule has 0 aromatic carbocycles. The van der Waals surface area contributed by atoms with Crippen LogP contribution in [0.25, 0.3) is 0 Å². The van der Waals surface area contributed by atoms with Crippen molar-refractivity contribution < 1.29 is 19.8 Å². The molecule has 0 bridgehead atoms. The molecule has 10 nitrogen and oxygen atoms in total. The summed E-state index contributed by atoms with van der Waals surface area (Å²) in [6.45, 7) is 9.74. The van der Waals surface area contributed by atoms with E-state index in [1.54, 1.807) is 28.1 Å². The molecule has 10 heteroatoms. The van der Waals surface area contributed by atoms with E-state index >= 15 is 0 Å². The molecule has 10 aliphatic rings. The predicted molar refractivity (Wildman–Crippen MR) is 217 cm³/mol. The van der Waals surface area contributed by atoms with Crippen molar-refractivity contribution in [2.24, 2.45) is 106 Å². The molecule has 2 N–H and O–H groups in total. The lowest BCUT2D eigenvalue weighted by molar-refractivity contribution is -0.137. The number of ketones is 2. The van der Waals surface area contributed by atoms with Gasteiger partial charge in [0.2, 0.25) is 0 Å². The minimum atomic E-state index is -0.440. The number of carbonyl (C=O) groups excluding carboxylic acids is 2. The fraction of sp³-hybridized carbons (Fsp3) is 0.875. The average molecular weight is 795 g/mol. The van der Waals surface area contributed by atoms with Crippen molar-refractivity contribution in [3.05, 3.63) is 24.8 Å². The van der Waals surface area contributed by atoms with E-state index in [9.17, 15) is 19.8 Å². The second kappa shape index (κ2) is 13.5. The Morgan fingerprint density at radius 1 is 0.569 bits per heavy atom. The molecule has 0 aliphatic heterocycles. The summed E-state index contributed by atoms with van der Waals surface area (Å²) < 4.78 is 1.71. The van der Waals surface area contributed by atoms with Gasteiger partial charge < -0.3 is 10.2 Å². The van der Waals surface area contributed by atoms with Gasteiger partial charge in [-0.1, -0.05) is 19.1 Å². The van der Waals surface area contributed by atoms with Crippen LogP contribution in [0.15, 0.2) is 24.8 Å². The molecule has 20 atom stereocenters. The lowest BCUT2D eigenvalue weighted by atomic mass is 9.48. The lowest BCUT2D eigenvalue weighted by Gasteiger charge is -2.57. The van der Waals surface area contributed by atoms with Gasteiger partial charge in [0.05, 0.1) is 29.8 Å². The van der Waals surface area contributed by atoms with Crippen LogP contribution >= 0.6 is 0 Å². The highest BCUT2D eigenvalue weighted by atomic mass is 16.3. The van der Waals surface area contributed by atoms with Crippen molar-refractivity contribution in [2.45, 2.75) is 155 Å². The number of Topliss-reactive ketones (excluding diaryl/α,β-unsaturated/α-hetero) is 2. The molecule has 0 spiro atoms. The highest BCUT2D eigenvalue weighted by Crippen LogP contribution is 2.76. The van der Waals surface area contributed by atoms with Gasteiger partial charge in [-0.3, -0.25) is 9.59 Å². The molecule has 2 heterocycles. The lowest BCUT2D eigenvalue weighted by Crippen LogP contribution is -2.52. The van der Waals surface area contributed by atoms with Crippen molar-refractivity contribution in [3.8, 4) is 0 Å². The van der Waals surface area contributed by atoms with Crippen LogP contribution in [0, 0.1) is 106 Å². The quantitative estimate of drug-likeness (QED) is 0.308. The molecule has 10 aliphatic carbocycles. The van der Waals surface area contributed by atoms with E-state index in [2.05, 4.69) is 34.4 Å². The molecule has 58 heavy (non-hydrogen) atoms. The number of fused-ring (bicyclic) bond motifs is 14. The highest BCUT2D eigenvalue weighted by molar-refractivity contribution is 5.83. The van der Waals surface area contributed by atoms with Gasteiger partial charge in [0.15, 0.2) is 11.6 Å². The summed E-state index contributed by atoms with van der Waals surface area (Å²) in [5.41, 5.74) is -0.499. The van der Waals surface area contributed by atoms with E-state index in [0.717, 1.165) is 96.7 Å². The Labute approximate surface area is 345 Å². The third kappa shape index (κ3) is 6.11. The Balaban J connectivity index is 0.000000133. The fourth-order valence-electron chi connectivity index (χ4n) is 18.4. The van der Waals surface area contributed by atoms with Gasteiger partial charge in [-0.2, -0.15) is 15.0 Å². The number of hydrogen-bond donors (Lipinski definition) is 2. The first kappa shape index (κ1) is 38.5. The van der Waals surface area contributed by atoms with E-state index in [1.165, 1.54) is 77.0 Å². The van der Waals surface area contributed by atoms with Gasteiger partial charge in [-0.05, 0) is 210 Å². The van der Waals surface area contributed by atoms with E-state index < -0.39 is 11.2 Å². The summed E-state index contributed by atoms with van der Waals surface area (Å²) in [6.07, 6.45) is 26.0. The van der Waals surface area contributed by atoms with Crippen molar-refractivity contribution in [3.63, 3.8) is 0 Å². The minimum Gasteiger partial charge on any atom is -0.390 e. The fourth-order valence-corrected chi connectivity index (χ4v) is 18.4. The van der Waals surface area contributed by atoms with Crippen LogP contribution in [0.4, 0.5) is 0 Å². The molecule has 10 saturated carbocycles. The number of aromatic nitrogens is 6. The molecule has 0 saturated heterocycles. The second-order valence-electron chi connectivity index (χ2n) is 23.5. The van der Waals surface area contributed by atoms with E-state index in [-0.39, 0.29) is 22.7 Å². The van der Waals surface area contributed by atoms with Crippen LogP contribution in [0.5, 0.6) is 0 Å². The molecule has 0 radical (unpaired) electrons. The number of nitrogens with zero attached hydrogens (tertiary/aromatic N) is 6. The topological polar surface area (TPSA) is 136 Å². The van der Waals surface area contributed by atoms with E-state index in [0.29, 0.717) is 36.5 Å². The molecule has 2 aromatic rings. The Kier molecular flexibility index (Phi) is 8.96. The SMILES string of the molecule is C[C@@]1(O)CC[C@H]2[C@H](CC[C@@H]3[C@@H]2CC[C@@]2(C)[C@H]3[C@@H]3C[C@@H]3[C@@H]2C(=O)Cn2ccnn2)C1.C[C@@]1(O)CC[C@H]2[C@H](CC[C@@H]3[C@@H]2CC[C@@]2(C)[C@H]3[C@@H]3C[C@@H]3[C@@H]2C(=O)Cn2nccn2)C1. The average Bonchev–Trinajstić information content (AvgIpc) is 3.83. The van der Waals surface area contributed by atoms with Gasteiger partial charge in [-0.25, -0.2) is 4.68 Å². The second-order valence-corrected chi connectivity index (χ2v) is 23.5. The largest absolute Gasteiger partial charge is 0.390 e. The van der Waals surface area contributed by atoms with Crippen LogP contribution in [0.3, 0.4) is 0 Å². The predicted octanol–water partition coefficient (Wildman–Crippen LogP) is 7.45. The van der Waals surface area contributed by atoms with Crippen LogP contribution < -0.4 is 0 Å². The molecule has 12 rings (SSSR count). The van der Waals surface area contributed by atoms with Crippen LogP contribution in [0.1, 0.15) is 130 Å². The van der Waals surface area contributed by atoms with Gasteiger partial charge >= 0.3 is 0 Å². The normalized spacial score (nSPS) is 52.8. The van der Waals surface area contributed by atoms with Gasteiger partial charge in [0.1, 0.15) is 13.1 Å². The number of aliphatic hydroxyl groups is 2. The summed E-state index contributed by atoms with van der Waals surface area (Å²) in [6, 6.07) is 0. The monoisotopic (exact) mass is 795 g/mol. The third-order valence-electron chi connectivity index (χ3n) is 20.3. The molecular weight excluding hydrogens is 725 g/mol. The Morgan fingerprint density at radius 2 is 1.05 bits per heavy atom. The van der Waals surface area contributed by atoms with Crippen molar-refractivity contribution >= 4 is 11.6 Å². The number of hydrogen-bond acceptors (Lipinski definition) is 8. The highest BCUT2D eigenvalue weighted by Gasteiger charge is 2.72. The van der Waals surface area contributed by atoms with Crippen LogP contribution in [0.2, 0.25) is 0 Å². The van der Waals surface area contributed by atoms with Crippen LogP contribution in [-0.4, -0.2) is 63.0 Å². The first-order valence-corrected chi connectivity index (χ1v) is 23.9. The number of rotatable bonds is 6. The van der Waals surface area contributed by atoms with Crippen molar-refractivity contribution in [1.82, 2.24) is 30.0 Å². The maximum absolute atomic E-state index is 13.4. The zero-order valence-corrected chi connectivity index (χ0v) is 35.7. The van der Waals surface area contributed by atoms with Crippen molar-refractivity contribution in [1.29, 1.82) is 0 Å². The third-order valence-corrected chi connectivity index (χ3v) is 20.3. The smallest absolute Gasteiger partial charge is 0.160 e. The van der Waals surface area contributed by atoms with Crippen molar-refractivity contribution in [2.75, 3.05) is 0 Å². The molecule has 316 valence electrons. The van der Waals surface area contributed by atoms with Gasteiger partial charge in [-0.15, -0.1) is 5.10 Å². The maximum Gasteiger partial charge on any atom is 0.160 e. The Hall–Kier alpha value is -2.46. The Morgan fingerprint density at radius 3 is 1.53 bits per heavy atom. The Bertz CT molecular complexity index is 1740. The summed E-state index contributed by atoms with van der Waals surface area (Å²) in [5, 5.41) is 37.5.